The smallest absolute Gasteiger partial charge is 0.252 e. The second kappa shape index (κ2) is 14.3. The van der Waals surface area contributed by atoms with Crippen molar-refractivity contribution in [1.29, 1.82) is 0 Å². The first-order valence-electron chi connectivity index (χ1n) is 18.4. The SMILES string of the molecule is CCc1c(N=Nc2ccc(-c3ccc(-c4ccc(N=Nc5c(C)c(C(N)=O)c6nc7ccccc7n6c5O)cc4)nn3)cc2)c(O)n2c(nc3ccccc32)c1C(N)=O. The molecule has 0 spiro atoms. The van der Waals surface area contributed by atoms with Crippen molar-refractivity contribution in [3.8, 4) is 34.3 Å². The Morgan fingerprint density at radius 2 is 1.03 bits per heavy atom. The molecule has 0 saturated heterocycles. The standard InChI is InChI=1S/C43H32N12O4/c1-3-27-35(39(45)57)41-47-31-9-5-7-11-33(31)55(41)43(59)37(27)53-49-26-18-14-24(15-19-26)29-21-20-28(50-51-29)23-12-16-25(17-13-23)48-52-36-22(2)34(38(44)56)40-46-30-8-4-6-10-32(30)54(40)42(36)58/h4-21,58-59H,3H2,1-2H3,(H2,44,56)(H2,45,57). The van der Waals surface area contributed by atoms with E-state index < -0.39 is 11.8 Å². The van der Waals surface area contributed by atoms with Crippen LogP contribution in [0.4, 0.5) is 22.7 Å². The number of carbonyl (C=O) groups is 2. The molecule has 6 N–H and O–H groups in total. The van der Waals surface area contributed by atoms with Crippen molar-refractivity contribution in [2.24, 2.45) is 31.9 Å². The number of aromatic hydroxyl groups is 2. The number of hydrogen-bond donors (Lipinski definition) is 4. The quantitative estimate of drug-likeness (QED) is 0.103. The number of aromatic nitrogens is 6. The average molecular weight is 781 g/mol. The number of nitrogens with zero attached hydrogens (tertiary/aromatic N) is 10. The van der Waals surface area contributed by atoms with Crippen molar-refractivity contribution in [2.45, 2.75) is 20.3 Å². The number of fused-ring (bicyclic) bond motifs is 6. The summed E-state index contributed by atoms with van der Waals surface area (Å²) in [5.41, 5.74) is 19.6. The molecule has 0 atom stereocenters. The lowest BCUT2D eigenvalue weighted by molar-refractivity contribution is 0.0992. The number of azo groups is 2. The van der Waals surface area contributed by atoms with Crippen LogP contribution in [0.5, 0.6) is 11.8 Å². The Kier molecular flexibility index (Phi) is 8.77. The fourth-order valence-electron chi connectivity index (χ4n) is 7.25. The number of imidazole rings is 2. The Hall–Kier alpha value is -8.40. The average Bonchev–Trinajstić information content (AvgIpc) is 3.82. The maximum atomic E-state index is 12.6. The van der Waals surface area contributed by atoms with Gasteiger partial charge in [0.05, 0.1) is 56.0 Å². The predicted octanol–water partition coefficient (Wildman–Crippen LogP) is 8.72. The van der Waals surface area contributed by atoms with E-state index in [-0.39, 0.29) is 45.6 Å². The van der Waals surface area contributed by atoms with Crippen LogP contribution in [0.25, 0.3) is 55.9 Å². The highest BCUT2D eigenvalue weighted by molar-refractivity contribution is 6.05. The molecular weight excluding hydrogens is 749 g/mol. The Labute approximate surface area is 333 Å². The van der Waals surface area contributed by atoms with Gasteiger partial charge < -0.3 is 21.7 Å². The number of nitrogens with two attached hydrogens (primary N) is 2. The van der Waals surface area contributed by atoms with Gasteiger partial charge in [-0.3, -0.25) is 18.4 Å². The lowest BCUT2D eigenvalue weighted by Crippen LogP contribution is -2.16. The van der Waals surface area contributed by atoms with Crippen LogP contribution >= 0.6 is 0 Å². The van der Waals surface area contributed by atoms with Crippen molar-refractivity contribution >= 4 is 67.9 Å². The van der Waals surface area contributed by atoms with Gasteiger partial charge in [-0.2, -0.15) is 10.2 Å². The second-order valence-corrected chi connectivity index (χ2v) is 13.6. The molecule has 0 aliphatic rings. The maximum Gasteiger partial charge on any atom is 0.252 e. The molecule has 5 aromatic heterocycles. The molecule has 59 heavy (non-hydrogen) atoms. The summed E-state index contributed by atoms with van der Waals surface area (Å²) >= 11 is 0. The van der Waals surface area contributed by atoms with Gasteiger partial charge in [0.1, 0.15) is 5.69 Å². The first-order valence-corrected chi connectivity index (χ1v) is 18.4. The van der Waals surface area contributed by atoms with Gasteiger partial charge in [0.25, 0.3) is 11.8 Å². The molecule has 0 unspecified atom stereocenters. The van der Waals surface area contributed by atoms with Crippen LogP contribution in [0, 0.1) is 6.92 Å². The third-order valence-electron chi connectivity index (χ3n) is 10.1. The molecule has 4 aromatic carbocycles. The van der Waals surface area contributed by atoms with Gasteiger partial charge in [-0.25, -0.2) is 9.97 Å². The maximum absolute atomic E-state index is 12.6. The highest BCUT2D eigenvalue weighted by atomic mass is 16.3. The number of primary amides is 2. The minimum Gasteiger partial charge on any atom is -0.493 e. The summed E-state index contributed by atoms with van der Waals surface area (Å²) < 4.78 is 2.92. The van der Waals surface area contributed by atoms with Crippen LogP contribution in [-0.2, 0) is 6.42 Å². The Balaban J connectivity index is 0.938. The molecule has 0 aliphatic heterocycles. The summed E-state index contributed by atoms with van der Waals surface area (Å²) in [5.74, 6) is -1.78. The number of pyridine rings is 2. The zero-order chi connectivity index (χ0) is 40.9. The monoisotopic (exact) mass is 780 g/mol. The topological polar surface area (TPSA) is 236 Å². The molecule has 2 amide bonds. The van der Waals surface area contributed by atoms with Gasteiger partial charge in [-0.15, -0.1) is 20.4 Å². The van der Waals surface area contributed by atoms with E-state index in [4.69, 9.17) is 11.5 Å². The second-order valence-electron chi connectivity index (χ2n) is 13.6. The van der Waals surface area contributed by atoms with Gasteiger partial charge in [0.2, 0.25) is 11.8 Å². The molecule has 0 aliphatic carbocycles. The van der Waals surface area contributed by atoms with E-state index in [1.807, 2.05) is 61.5 Å². The zero-order valence-corrected chi connectivity index (χ0v) is 31.4. The lowest BCUT2D eigenvalue weighted by atomic mass is 10.0. The van der Waals surface area contributed by atoms with Gasteiger partial charge in [-0.1, -0.05) is 55.5 Å². The Morgan fingerprint density at radius 1 is 0.593 bits per heavy atom. The van der Waals surface area contributed by atoms with Gasteiger partial charge in [-0.05, 0) is 79.6 Å². The first-order chi connectivity index (χ1) is 28.6. The Morgan fingerprint density at radius 3 is 1.49 bits per heavy atom. The molecule has 16 heteroatoms. The summed E-state index contributed by atoms with van der Waals surface area (Å²) in [7, 11) is 0. The van der Waals surface area contributed by atoms with Crippen molar-refractivity contribution in [2.75, 3.05) is 0 Å². The lowest BCUT2D eigenvalue weighted by Gasteiger charge is -2.12. The summed E-state index contributed by atoms with van der Waals surface area (Å²) in [6.07, 6.45) is 0.358. The van der Waals surface area contributed by atoms with E-state index in [0.717, 1.165) is 11.1 Å². The first kappa shape index (κ1) is 36.3. The van der Waals surface area contributed by atoms with Crippen LogP contribution in [0.15, 0.2) is 130 Å². The number of hydrogen-bond acceptors (Lipinski definition) is 12. The molecule has 0 fully saturated rings. The number of carbonyl (C=O) groups excluding carboxylic acids is 2. The highest BCUT2D eigenvalue weighted by Gasteiger charge is 2.26. The van der Waals surface area contributed by atoms with Crippen LogP contribution in [0.1, 0.15) is 38.8 Å². The van der Waals surface area contributed by atoms with E-state index in [0.29, 0.717) is 62.4 Å². The molecule has 9 aromatic rings. The molecular formula is C43H32N12O4. The molecule has 16 nitrogen and oxygen atoms in total. The number of amides is 2. The van der Waals surface area contributed by atoms with E-state index in [1.54, 1.807) is 61.5 Å². The fraction of sp³-hybridized carbons (Fsp3) is 0.0698. The Bertz CT molecular complexity index is 3220. The van der Waals surface area contributed by atoms with Gasteiger partial charge >= 0.3 is 0 Å². The van der Waals surface area contributed by atoms with Crippen LogP contribution in [0.2, 0.25) is 0 Å². The predicted molar refractivity (Wildman–Crippen MR) is 221 cm³/mol. The van der Waals surface area contributed by atoms with Gasteiger partial charge in [0.15, 0.2) is 17.0 Å². The highest BCUT2D eigenvalue weighted by Crippen LogP contribution is 2.40. The fourth-order valence-corrected chi connectivity index (χ4v) is 7.25. The van der Waals surface area contributed by atoms with E-state index in [9.17, 15) is 19.8 Å². The summed E-state index contributed by atoms with van der Waals surface area (Å²) in [5, 5.41) is 48.9. The molecule has 5 heterocycles. The zero-order valence-electron chi connectivity index (χ0n) is 31.4. The van der Waals surface area contributed by atoms with E-state index in [2.05, 4.69) is 40.6 Å². The summed E-state index contributed by atoms with van der Waals surface area (Å²) in [4.78, 5) is 34.2. The van der Waals surface area contributed by atoms with Crippen LogP contribution < -0.4 is 11.5 Å². The summed E-state index contributed by atoms with van der Waals surface area (Å²) in [6.45, 7) is 3.48. The van der Waals surface area contributed by atoms with Crippen LogP contribution in [0.3, 0.4) is 0 Å². The molecule has 9 rings (SSSR count). The molecule has 288 valence electrons. The minimum absolute atomic E-state index is 0.0983. The van der Waals surface area contributed by atoms with E-state index in [1.165, 1.54) is 8.80 Å². The van der Waals surface area contributed by atoms with Crippen molar-refractivity contribution < 1.29 is 19.8 Å². The van der Waals surface area contributed by atoms with Gasteiger partial charge in [0, 0.05) is 16.7 Å². The van der Waals surface area contributed by atoms with Crippen molar-refractivity contribution in [3.05, 3.63) is 131 Å². The normalized spacial score (nSPS) is 11.9. The third-order valence-corrected chi connectivity index (χ3v) is 10.1. The minimum atomic E-state index is -0.695. The van der Waals surface area contributed by atoms with E-state index >= 15 is 0 Å². The summed E-state index contributed by atoms with van der Waals surface area (Å²) in [6, 6.07) is 32.4. The molecule has 0 saturated carbocycles. The van der Waals surface area contributed by atoms with Crippen LogP contribution in [-0.4, -0.2) is 51.0 Å². The largest absolute Gasteiger partial charge is 0.493 e. The number of rotatable bonds is 9. The molecule has 0 radical (unpaired) electrons. The van der Waals surface area contributed by atoms with Crippen molar-refractivity contribution in [3.63, 3.8) is 0 Å². The number of benzene rings is 4. The van der Waals surface area contributed by atoms with Crippen molar-refractivity contribution in [1.82, 2.24) is 29.0 Å². The number of para-hydroxylation sites is 4. The third kappa shape index (κ3) is 6.11. The molecule has 0 bridgehead atoms.